The number of methoxy groups -OCH3 is 1. The van der Waals surface area contributed by atoms with Gasteiger partial charge in [0.25, 0.3) is 0 Å². The molecule has 0 spiro atoms. The van der Waals surface area contributed by atoms with Crippen LogP contribution in [0.4, 0.5) is 4.79 Å². The van der Waals surface area contributed by atoms with Crippen LogP contribution in [0.3, 0.4) is 0 Å². The van der Waals surface area contributed by atoms with E-state index in [0.717, 1.165) is 5.56 Å². The van der Waals surface area contributed by atoms with Gasteiger partial charge in [-0.2, -0.15) is 0 Å². The molecule has 67 heavy (non-hydrogen) atoms. The van der Waals surface area contributed by atoms with Gasteiger partial charge in [-0.3, -0.25) is 19.2 Å². The van der Waals surface area contributed by atoms with Gasteiger partial charge in [0, 0.05) is 45.5 Å². The van der Waals surface area contributed by atoms with Crippen molar-refractivity contribution in [3.8, 4) is 5.75 Å². The van der Waals surface area contributed by atoms with Crippen LogP contribution in [0, 0.1) is 0 Å². The molecule has 2 fully saturated rings. The minimum atomic E-state index is -1.45. The minimum Gasteiger partial charge on any atom is -0.488 e. The van der Waals surface area contributed by atoms with E-state index in [4.69, 9.17) is 18.9 Å². The van der Waals surface area contributed by atoms with Crippen LogP contribution in [-0.4, -0.2) is 116 Å². The van der Waals surface area contributed by atoms with Crippen molar-refractivity contribution in [1.29, 1.82) is 0 Å². The van der Waals surface area contributed by atoms with Crippen molar-refractivity contribution in [2.75, 3.05) is 13.7 Å². The SMILES string of the molecule is COC(=O)[C@H](Cc1ccccc1)NC(=O)[C@H](Cc1ccc(OC(C)(C)C)cc1)NC(=O)C1(NC(=O)[C@@H]2C[C@@H](OC(C)(C)C)CN2C(=O)[C@H](Cc2cn(C)cn2)NC(=O)OC(C)(C)C)CCCC1. The molecule has 1 saturated heterocycles. The number of alkyl carbamates (subject to hydrolysis) is 1. The molecule has 0 radical (unpaired) electrons. The third-order valence-corrected chi connectivity index (χ3v) is 11.3. The molecule has 5 rings (SSSR count). The molecule has 2 aliphatic rings. The molecule has 2 aromatic carbocycles. The van der Waals surface area contributed by atoms with Crippen molar-refractivity contribution in [1.82, 2.24) is 35.7 Å². The molecule has 366 valence electrons. The van der Waals surface area contributed by atoms with Crippen LogP contribution in [0.15, 0.2) is 67.1 Å². The first-order chi connectivity index (χ1) is 31.3. The minimum absolute atomic E-state index is 0.0128. The second-order valence-corrected chi connectivity index (χ2v) is 20.7. The molecule has 1 aliphatic heterocycles. The Bertz CT molecular complexity index is 2180. The summed E-state index contributed by atoms with van der Waals surface area (Å²) >= 11 is 0. The predicted molar refractivity (Wildman–Crippen MR) is 251 cm³/mol. The van der Waals surface area contributed by atoms with Gasteiger partial charge in [0.2, 0.25) is 23.6 Å². The Morgan fingerprint density at radius 3 is 1.96 bits per heavy atom. The number of esters is 1. The normalized spacial score (nSPS) is 18.5. The molecule has 0 bridgehead atoms. The lowest BCUT2D eigenvalue weighted by molar-refractivity contribution is -0.145. The van der Waals surface area contributed by atoms with Gasteiger partial charge in [-0.25, -0.2) is 14.6 Å². The van der Waals surface area contributed by atoms with Crippen molar-refractivity contribution in [2.24, 2.45) is 7.05 Å². The number of hydrogen-bond acceptors (Lipinski definition) is 11. The highest BCUT2D eigenvalue weighted by molar-refractivity contribution is 5.98. The average molecular weight is 930 g/mol. The molecule has 1 aromatic heterocycles. The first kappa shape index (κ1) is 52.0. The monoisotopic (exact) mass is 930 g/mol. The van der Waals surface area contributed by atoms with Crippen molar-refractivity contribution in [2.45, 2.75) is 166 Å². The lowest BCUT2D eigenvalue weighted by atomic mass is 9.93. The summed E-state index contributed by atoms with van der Waals surface area (Å²) in [5.41, 5.74) is -1.34. The molecule has 1 saturated carbocycles. The fourth-order valence-electron chi connectivity index (χ4n) is 8.46. The van der Waals surface area contributed by atoms with Crippen LogP contribution in [0.1, 0.15) is 111 Å². The summed E-state index contributed by atoms with van der Waals surface area (Å²) in [5.74, 6) is -2.36. The Kier molecular flexibility index (Phi) is 16.9. The number of amides is 5. The fourth-order valence-corrected chi connectivity index (χ4v) is 8.46. The van der Waals surface area contributed by atoms with Gasteiger partial charge in [-0.1, -0.05) is 55.3 Å². The van der Waals surface area contributed by atoms with Crippen LogP contribution >= 0.6 is 0 Å². The Morgan fingerprint density at radius 2 is 1.39 bits per heavy atom. The molecule has 0 unspecified atom stereocenters. The van der Waals surface area contributed by atoms with Crippen molar-refractivity contribution >= 4 is 35.7 Å². The maximum absolute atomic E-state index is 14.8. The number of imidazole rings is 1. The highest BCUT2D eigenvalue weighted by Gasteiger charge is 2.49. The van der Waals surface area contributed by atoms with E-state index in [0.29, 0.717) is 29.8 Å². The van der Waals surface area contributed by atoms with E-state index in [2.05, 4.69) is 26.3 Å². The quantitative estimate of drug-likeness (QED) is 0.134. The third-order valence-electron chi connectivity index (χ3n) is 11.3. The van der Waals surface area contributed by atoms with Gasteiger partial charge < -0.3 is 49.7 Å². The van der Waals surface area contributed by atoms with Crippen LogP contribution in [0.25, 0.3) is 0 Å². The van der Waals surface area contributed by atoms with E-state index < -0.39 is 88.3 Å². The standard InChI is InChI=1S/C50H71N7O10/c1-47(2,3)65-35-21-19-33(20-22-35)25-37(41(58)52-39(44(61)64-11)26-32-17-13-12-14-18-32)53-45(62)50(23-15-16-24-50)55-42(59)40-28-36(66-48(4,5)6)30-57(40)43(60)38(27-34-29-56(10)31-51-34)54-46(63)67-49(7,8)9/h12-14,17-22,29,31,36-40H,15-16,23-28,30H2,1-11H3,(H,52,58)(H,53,62)(H,54,63)(H,55,59)/t36-,37+,38+,39+,40+/m1/s1. The van der Waals surface area contributed by atoms with E-state index in [1.165, 1.54) is 12.0 Å². The smallest absolute Gasteiger partial charge is 0.408 e. The number of nitrogens with one attached hydrogen (secondary N) is 4. The topological polar surface area (TPSA) is 209 Å². The first-order valence-corrected chi connectivity index (χ1v) is 23.1. The zero-order chi connectivity index (χ0) is 49.3. The van der Waals surface area contributed by atoms with Gasteiger partial charge in [0.15, 0.2) is 0 Å². The highest BCUT2D eigenvalue weighted by atomic mass is 16.6. The largest absolute Gasteiger partial charge is 0.488 e. The summed E-state index contributed by atoms with van der Waals surface area (Å²) in [6.07, 6.45) is 4.02. The molecule has 1 aliphatic carbocycles. The number of hydrogen-bond donors (Lipinski definition) is 4. The van der Waals surface area contributed by atoms with Gasteiger partial charge in [-0.15, -0.1) is 0 Å². The molecule has 3 aromatic rings. The summed E-state index contributed by atoms with van der Waals surface area (Å²) in [6, 6.07) is 11.9. The molecule has 2 heterocycles. The fraction of sp³-hybridized carbons (Fsp3) is 0.580. The first-order valence-electron chi connectivity index (χ1n) is 23.1. The van der Waals surface area contributed by atoms with E-state index >= 15 is 0 Å². The Balaban J connectivity index is 1.43. The summed E-state index contributed by atoms with van der Waals surface area (Å²) in [6.45, 7) is 16.6. The van der Waals surface area contributed by atoms with E-state index in [1.807, 2.05) is 84.0 Å². The number of likely N-dealkylation sites (tertiary alicyclic amines) is 1. The summed E-state index contributed by atoms with van der Waals surface area (Å²) in [5, 5.41) is 11.6. The maximum Gasteiger partial charge on any atom is 0.408 e. The molecular weight excluding hydrogens is 859 g/mol. The molecule has 4 N–H and O–H groups in total. The van der Waals surface area contributed by atoms with E-state index in [-0.39, 0.29) is 45.1 Å². The molecular formula is C50H71N7O10. The Morgan fingerprint density at radius 1 is 0.761 bits per heavy atom. The molecule has 5 amide bonds. The summed E-state index contributed by atoms with van der Waals surface area (Å²) in [4.78, 5) is 90.7. The average Bonchev–Trinajstić information content (AvgIpc) is 3.99. The summed E-state index contributed by atoms with van der Waals surface area (Å²) in [7, 11) is 3.04. The second-order valence-electron chi connectivity index (χ2n) is 20.7. The second kappa shape index (κ2) is 21.8. The van der Waals surface area contributed by atoms with Crippen LogP contribution in [-0.2, 0) is 64.5 Å². The van der Waals surface area contributed by atoms with Crippen LogP contribution in [0.5, 0.6) is 5.75 Å². The van der Waals surface area contributed by atoms with Gasteiger partial charge >= 0.3 is 12.1 Å². The number of nitrogens with zero attached hydrogens (tertiary/aromatic N) is 3. The Hall–Kier alpha value is -5.97. The number of carbonyl (C=O) groups is 6. The number of carbonyl (C=O) groups excluding carboxylic acids is 6. The Labute approximate surface area is 394 Å². The number of benzene rings is 2. The highest BCUT2D eigenvalue weighted by Crippen LogP contribution is 2.33. The molecule has 17 nitrogen and oxygen atoms in total. The van der Waals surface area contributed by atoms with E-state index in [1.54, 1.807) is 57.0 Å². The van der Waals surface area contributed by atoms with Crippen molar-refractivity contribution in [3.05, 3.63) is 83.9 Å². The third kappa shape index (κ3) is 15.5. The zero-order valence-corrected chi connectivity index (χ0v) is 41.0. The van der Waals surface area contributed by atoms with Gasteiger partial charge in [0.1, 0.15) is 46.7 Å². The van der Waals surface area contributed by atoms with Crippen molar-refractivity contribution < 1.29 is 47.7 Å². The van der Waals surface area contributed by atoms with Crippen molar-refractivity contribution in [3.63, 3.8) is 0 Å². The number of ether oxygens (including phenoxy) is 4. The number of aromatic nitrogens is 2. The lowest BCUT2D eigenvalue weighted by Gasteiger charge is -2.34. The van der Waals surface area contributed by atoms with Crippen LogP contribution in [0.2, 0.25) is 0 Å². The molecule has 5 atom stereocenters. The van der Waals surface area contributed by atoms with Gasteiger partial charge in [-0.05, 0) is 98.4 Å². The van der Waals surface area contributed by atoms with Gasteiger partial charge in [0.05, 0.1) is 30.8 Å². The zero-order valence-electron chi connectivity index (χ0n) is 41.0. The van der Waals surface area contributed by atoms with E-state index in [9.17, 15) is 28.8 Å². The number of aryl methyl sites for hydroxylation is 1. The molecule has 17 heteroatoms. The lowest BCUT2D eigenvalue weighted by Crippen LogP contribution is -2.64. The number of rotatable bonds is 17. The summed E-state index contributed by atoms with van der Waals surface area (Å²) < 4.78 is 24.7. The van der Waals surface area contributed by atoms with Crippen LogP contribution < -0.4 is 26.0 Å². The maximum atomic E-state index is 14.8. The predicted octanol–water partition coefficient (Wildman–Crippen LogP) is 4.87.